The second-order valence-corrected chi connectivity index (χ2v) is 4.47. The maximum absolute atomic E-state index is 13.9. The van der Waals surface area contributed by atoms with E-state index in [1.165, 1.54) is 12.1 Å². The Balaban J connectivity index is 2.16. The molecule has 0 bridgehead atoms. The predicted molar refractivity (Wildman–Crippen MR) is 74.4 cm³/mol. The van der Waals surface area contributed by atoms with Crippen LogP contribution < -0.4 is 10.2 Å². The molecule has 1 amide bonds. The number of aromatic amines is 1. The van der Waals surface area contributed by atoms with Crippen LogP contribution in [0, 0.1) is 5.82 Å². The Morgan fingerprint density at radius 2 is 2.20 bits per heavy atom. The van der Waals surface area contributed by atoms with Crippen molar-refractivity contribution in [3.63, 3.8) is 0 Å². The molecule has 0 aliphatic rings. The summed E-state index contributed by atoms with van der Waals surface area (Å²) in [4.78, 5) is 17.8. The van der Waals surface area contributed by atoms with Crippen LogP contribution >= 0.6 is 0 Å². The van der Waals surface area contributed by atoms with E-state index in [-0.39, 0.29) is 11.5 Å². The topological polar surface area (TPSA) is 73.9 Å². The second-order valence-electron chi connectivity index (χ2n) is 4.47. The van der Waals surface area contributed by atoms with E-state index in [1.807, 2.05) is 6.92 Å². The number of rotatable bonds is 4. The lowest BCUT2D eigenvalue weighted by Crippen LogP contribution is -2.16. The van der Waals surface area contributed by atoms with Gasteiger partial charge in [-0.3, -0.25) is 15.2 Å². The molecule has 7 heteroatoms. The number of amides is 1. The van der Waals surface area contributed by atoms with E-state index in [0.29, 0.717) is 17.9 Å². The molecule has 2 aromatic rings. The van der Waals surface area contributed by atoms with Gasteiger partial charge in [0.2, 0.25) is 5.95 Å². The van der Waals surface area contributed by atoms with Crippen molar-refractivity contribution < 1.29 is 9.18 Å². The largest absolute Gasteiger partial charge is 0.378 e. The van der Waals surface area contributed by atoms with Crippen LogP contribution in [0.5, 0.6) is 0 Å². The molecule has 2 N–H and O–H groups in total. The standard InChI is InChI=1S/C13H16FN5O/c1-4-11-15-13(18-17-11)16-12(20)9-6-5-8(19(2)3)7-10(9)14/h5-7H,4H2,1-3H3,(H2,15,16,17,18,20). The Labute approximate surface area is 116 Å². The first-order valence-corrected chi connectivity index (χ1v) is 6.20. The van der Waals surface area contributed by atoms with Gasteiger partial charge in [0, 0.05) is 26.2 Å². The number of H-pyrrole nitrogens is 1. The minimum atomic E-state index is -0.583. The minimum absolute atomic E-state index is 0.0431. The first-order valence-electron chi connectivity index (χ1n) is 6.20. The summed E-state index contributed by atoms with van der Waals surface area (Å²) in [6.07, 6.45) is 0.675. The molecule has 1 aromatic carbocycles. The molecule has 0 radical (unpaired) electrons. The zero-order chi connectivity index (χ0) is 14.7. The van der Waals surface area contributed by atoms with Crippen molar-refractivity contribution in [2.45, 2.75) is 13.3 Å². The summed E-state index contributed by atoms with van der Waals surface area (Å²) >= 11 is 0. The smallest absolute Gasteiger partial charge is 0.261 e. The van der Waals surface area contributed by atoms with Crippen molar-refractivity contribution in [1.29, 1.82) is 0 Å². The fourth-order valence-corrected chi connectivity index (χ4v) is 1.64. The quantitative estimate of drug-likeness (QED) is 0.894. The molecule has 0 saturated heterocycles. The first-order chi connectivity index (χ1) is 9.51. The Hall–Kier alpha value is -2.44. The molecule has 1 heterocycles. The molecule has 2 rings (SSSR count). The summed E-state index contributed by atoms with van der Waals surface area (Å²) < 4.78 is 13.9. The van der Waals surface area contributed by atoms with Gasteiger partial charge in [0.25, 0.3) is 5.91 Å². The van der Waals surface area contributed by atoms with Gasteiger partial charge >= 0.3 is 0 Å². The molecule has 0 saturated carbocycles. The maximum Gasteiger partial charge on any atom is 0.261 e. The minimum Gasteiger partial charge on any atom is -0.378 e. The van der Waals surface area contributed by atoms with Crippen molar-refractivity contribution in [2.24, 2.45) is 0 Å². The molecule has 0 unspecified atom stereocenters. The number of carbonyl (C=O) groups is 1. The zero-order valence-corrected chi connectivity index (χ0v) is 11.6. The number of nitrogens with zero attached hydrogens (tertiary/aromatic N) is 3. The third-order valence-corrected chi connectivity index (χ3v) is 2.81. The van der Waals surface area contributed by atoms with E-state index in [2.05, 4.69) is 20.5 Å². The lowest BCUT2D eigenvalue weighted by molar-refractivity contribution is 0.102. The number of hydrogen-bond donors (Lipinski definition) is 2. The average molecular weight is 277 g/mol. The SMILES string of the molecule is CCc1nc(NC(=O)c2ccc(N(C)C)cc2F)n[nH]1. The van der Waals surface area contributed by atoms with Gasteiger partial charge in [-0.1, -0.05) is 6.92 Å². The Morgan fingerprint density at radius 1 is 1.45 bits per heavy atom. The van der Waals surface area contributed by atoms with Gasteiger partial charge in [-0.15, -0.1) is 5.10 Å². The van der Waals surface area contributed by atoms with Crippen molar-refractivity contribution >= 4 is 17.5 Å². The first kappa shape index (κ1) is 14.0. The van der Waals surface area contributed by atoms with E-state index in [9.17, 15) is 9.18 Å². The molecule has 0 spiro atoms. The number of hydrogen-bond acceptors (Lipinski definition) is 4. The fourth-order valence-electron chi connectivity index (χ4n) is 1.64. The molecule has 0 aliphatic heterocycles. The molecule has 0 fully saturated rings. The molecular weight excluding hydrogens is 261 g/mol. The van der Waals surface area contributed by atoms with Crippen LogP contribution in [0.15, 0.2) is 18.2 Å². The Morgan fingerprint density at radius 3 is 2.75 bits per heavy atom. The second kappa shape index (κ2) is 5.68. The number of nitrogens with one attached hydrogen (secondary N) is 2. The highest BCUT2D eigenvalue weighted by molar-refractivity contribution is 6.03. The number of benzene rings is 1. The van der Waals surface area contributed by atoms with E-state index in [1.54, 1.807) is 25.1 Å². The Kier molecular flexibility index (Phi) is 3.97. The maximum atomic E-state index is 13.9. The predicted octanol–water partition coefficient (Wildman–Crippen LogP) is 1.82. The van der Waals surface area contributed by atoms with Gasteiger partial charge in [-0.25, -0.2) is 4.39 Å². The lowest BCUT2D eigenvalue weighted by Gasteiger charge is -2.13. The third kappa shape index (κ3) is 2.93. The van der Waals surface area contributed by atoms with Crippen LogP contribution in [0.1, 0.15) is 23.1 Å². The summed E-state index contributed by atoms with van der Waals surface area (Å²) in [7, 11) is 3.60. The molecule has 1 aromatic heterocycles. The monoisotopic (exact) mass is 277 g/mol. The van der Waals surface area contributed by atoms with Crippen molar-refractivity contribution in [3.05, 3.63) is 35.4 Å². The van der Waals surface area contributed by atoms with Crippen LogP contribution in [-0.4, -0.2) is 35.2 Å². The summed E-state index contributed by atoms with van der Waals surface area (Å²) in [6.45, 7) is 1.91. The van der Waals surface area contributed by atoms with Gasteiger partial charge in [-0.05, 0) is 18.2 Å². The molecule has 0 aliphatic carbocycles. The highest BCUT2D eigenvalue weighted by Gasteiger charge is 2.14. The van der Waals surface area contributed by atoms with Crippen molar-refractivity contribution in [2.75, 3.05) is 24.3 Å². The van der Waals surface area contributed by atoms with Gasteiger partial charge < -0.3 is 4.90 Å². The summed E-state index contributed by atoms with van der Waals surface area (Å²) in [5.74, 6) is -0.360. The van der Waals surface area contributed by atoms with E-state index >= 15 is 0 Å². The van der Waals surface area contributed by atoms with Crippen molar-refractivity contribution in [3.8, 4) is 0 Å². The Bertz CT molecular complexity index is 623. The summed E-state index contributed by atoms with van der Waals surface area (Å²) in [5.41, 5.74) is 0.642. The van der Waals surface area contributed by atoms with E-state index in [4.69, 9.17) is 0 Å². The lowest BCUT2D eigenvalue weighted by atomic mass is 10.1. The highest BCUT2D eigenvalue weighted by atomic mass is 19.1. The number of anilines is 2. The fraction of sp³-hybridized carbons (Fsp3) is 0.308. The van der Waals surface area contributed by atoms with Gasteiger partial charge in [0.05, 0.1) is 5.56 Å². The van der Waals surface area contributed by atoms with E-state index < -0.39 is 11.7 Å². The van der Waals surface area contributed by atoms with E-state index in [0.717, 1.165) is 0 Å². The molecular formula is C13H16FN5O. The third-order valence-electron chi connectivity index (χ3n) is 2.81. The van der Waals surface area contributed by atoms with Gasteiger partial charge in [0.15, 0.2) is 0 Å². The number of halogens is 1. The molecule has 6 nitrogen and oxygen atoms in total. The molecule has 0 atom stereocenters. The highest BCUT2D eigenvalue weighted by Crippen LogP contribution is 2.17. The van der Waals surface area contributed by atoms with Crippen LogP contribution in [-0.2, 0) is 6.42 Å². The summed E-state index contributed by atoms with van der Waals surface area (Å²) in [6, 6.07) is 4.42. The van der Waals surface area contributed by atoms with Gasteiger partial charge in [-0.2, -0.15) is 4.98 Å². The number of aromatic nitrogens is 3. The van der Waals surface area contributed by atoms with Crippen molar-refractivity contribution in [1.82, 2.24) is 15.2 Å². The molecule has 20 heavy (non-hydrogen) atoms. The van der Waals surface area contributed by atoms with Gasteiger partial charge in [0.1, 0.15) is 11.6 Å². The van der Waals surface area contributed by atoms with Crippen LogP contribution in [0.25, 0.3) is 0 Å². The van der Waals surface area contributed by atoms with Crippen LogP contribution in [0.2, 0.25) is 0 Å². The van der Waals surface area contributed by atoms with Crippen LogP contribution in [0.3, 0.4) is 0 Å². The average Bonchev–Trinajstić information content (AvgIpc) is 2.85. The number of carbonyl (C=O) groups excluding carboxylic acids is 1. The summed E-state index contributed by atoms with van der Waals surface area (Å²) in [5, 5.41) is 8.96. The van der Waals surface area contributed by atoms with Crippen LogP contribution in [0.4, 0.5) is 16.0 Å². The zero-order valence-electron chi connectivity index (χ0n) is 11.6. The normalized spacial score (nSPS) is 10.4. The number of aryl methyl sites for hydroxylation is 1. The molecule has 106 valence electrons.